The summed E-state index contributed by atoms with van der Waals surface area (Å²) in [6, 6.07) is 89.8. The van der Waals surface area contributed by atoms with Gasteiger partial charge in [-0.05, 0) is 198 Å². The van der Waals surface area contributed by atoms with E-state index in [4.69, 9.17) is 19.9 Å². The summed E-state index contributed by atoms with van der Waals surface area (Å²) >= 11 is 0. The predicted octanol–water partition coefficient (Wildman–Crippen LogP) is 23.2. The van der Waals surface area contributed by atoms with Gasteiger partial charge in [0.1, 0.15) is 0 Å². The molecule has 0 amide bonds. The molecule has 4 aromatic heterocycles. The molecule has 0 aliphatic carbocycles. The van der Waals surface area contributed by atoms with Gasteiger partial charge in [0.2, 0.25) is 0 Å². The van der Waals surface area contributed by atoms with E-state index in [0.717, 1.165) is 94.6 Å². The molecular formula is C88H70N4. The van der Waals surface area contributed by atoms with Crippen LogP contribution in [0.5, 0.6) is 0 Å². The highest BCUT2D eigenvalue weighted by Gasteiger charge is 2.24. The number of aryl methyl sites for hydroxylation is 6. The molecule has 0 spiro atoms. The molecule has 0 atom stereocenters. The molecule has 0 saturated heterocycles. The first kappa shape index (κ1) is 57.5. The van der Waals surface area contributed by atoms with Gasteiger partial charge in [0.05, 0.1) is 44.8 Å². The second-order valence-electron chi connectivity index (χ2n) is 25.1. The van der Waals surface area contributed by atoms with Gasteiger partial charge in [0, 0.05) is 43.8 Å². The molecule has 15 rings (SSSR count). The van der Waals surface area contributed by atoms with Crippen molar-refractivity contribution in [2.75, 3.05) is 0 Å². The van der Waals surface area contributed by atoms with Crippen LogP contribution < -0.4 is 0 Å². The van der Waals surface area contributed by atoms with E-state index in [0.29, 0.717) is 6.42 Å². The highest BCUT2D eigenvalue weighted by molar-refractivity contribution is 6.11. The van der Waals surface area contributed by atoms with Crippen molar-refractivity contribution in [3.05, 3.63) is 310 Å². The van der Waals surface area contributed by atoms with E-state index >= 15 is 0 Å². The summed E-state index contributed by atoms with van der Waals surface area (Å²) in [5, 5.41) is 4.59. The first-order valence-electron chi connectivity index (χ1n) is 32.1. The van der Waals surface area contributed by atoms with E-state index in [1.54, 1.807) is 0 Å². The third kappa shape index (κ3) is 10.1. The number of hydrogen-bond acceptors (Lipinski definition) is 4. The minimum atomic E-state index is 0.663. The van der Waals surface area contributed by atoms with E-state index < -0.39 is 0 Å². The maximum atomic E-state index is 5.77. The van der Waals surface area contributed by atoms with Crippen molar-refractivity contribution in [1.29, 1.82) is 0 Å². The quantitative estimate of drug-likeness (QED) is 0.121. The van der Waals surface area contributed by atoms with Crippen LogP contribution in [-0.4, -0.2) is 19.9 Å². The van der Waals surface area contributed by atoms with Crippen molar-refractivity contribution in [2.45, 2.75) is 68.7 Å². The van der Waals surface area contributed by atoms with Gasteiger partial charge in [-0.25, -0.2) is 19.9 Å². The smallest absolute Gasteiger partial charge is 0.0978 e. The second kappa shape index (κ2) is 23.5. The molecule has 4 nitrogen and oxygen atoms in total. The predicted molar refractivity (Wildman–Crippen MR) is 388 cm³/mol. The average molecular weight is 1180 g/mol. The Bertz CT molecular complexity index is 5380. The van der Waals surface area contributed by atoms with Crippen LogP contribution >= 0.6 is 0 Å². The van der Waals surface area contributed by atoms with E-state index in [2.05, 4.69) is 311 Å². The van der Waals surface area contributed by atoms with Crippen molar-refractivity contribution >= 4 is 43.6 Å². The van der Waals surface area contributed by atoms with Gasteiger partial charge in [-0.3, -0.25) is 0 Å². The molecule has 4 heterocycles. The summed E-state index contributed by atoms with van der Waals surface area (Å²) in [4.78, 5) is 22.8. The Labute approximate surface area is 539 Å². The Hall–Kier alpha value is -10.9. The van der Waals surface area contributed by atoms with Gasteiger partial charge in [-0.1, -0.05) is 237 Å². The van der Waals surface area contributed by atoms with E-state index in [-0.39, 0.29) is 0 Å². The standard InChI is InChI=1S/C88H70N4/c1-52-57(6)81(71-26-17-12-18-27-71)89-85-76(52)47-48-77-60(9)78(84(92-86(77)85)72-45-43-69(44-46-72)67-37-33-65(34-38-67)63-24-15-11-16-25-63)50-61-21-19-29-74(49-61)82-58(7)55(4)79-53(2)54(3)80-56(5)59(8)83(91-88(80)87(79)90-82)75-30-20-28-73(51-75)70-41-39-68(40-42-70)66-35-31-64(32-36-66)62-22-13-10-14-23-62/h10-49,51H,50H2,1-9H3. The number of benzene rings is 11. The zero-order valence-corrected chi connectivity index (χ0v) is 53.7. The van der Waals surface area contributed by atoms with E-state index in [9.17, 15) is 0 Å². The van der Waals surface area contributed by atoms with Gasteiger partial charge in [0.15, 0.2) is 0 Å². The minimum Gasteiger partial charge on any atom is -0.245 e. The van der Waals surface area contributed by atoms with Crippen molar-refractivity contribution in [1.82, 2.24) is 19.9 Å². The van der Waals surface area contributed by atoms with Crippen LogP contribution in [0.25, 0.3) is 144 Å². The molecule has 92 heavy (non-hydrogen) atoms. The SMILES string of the molecule is Cc1c(-c2ccccc2)nc2c(ccc3c(C)c(Cc4cccc(-c5nc6c(c(C)c5C)c(C)c(C)c5c(C)c(C)c(-c7cccc(-c8ccc(-c9ccc(-c%10ccccc%10)cc9)cc8)c7)nc56)c4)c(-c4ccc(-c5ccc(-c6ccccc6)cc5)cc4)nc32)c1C. The summed E-state index contributed by atoms with van der Waals surface area (Å²) in [6.45, 7) is 20.2. The van der Waals surface area contributed by atoms with Crippen molar-refractivity contribution in [2.24, 2.45) is 0 Å². The van der Waals surface area contributed by atoms with E-state index in [1.165, 1.54) is 111 Å². The zero-order chi connectivity index (χ0) is 62.9. The third-order valence-electron chi connectivity index (χ3n) is 19.9. The Morgan fingerprint density at radius 2 is 0.500 bits per heavy atom. The van der Waals surface area contributed by atoms with Gasteiger partial charge in [-0.2, -0.15) is 0 Å². The van der Waals surface area contributed by atoms with Crippen LogP contribution in [0.15, 0.2) is 249 Å². The molecule has 442 valence electrons. The molecule has 0 N–H and O–H groups in total. The van der Waals surface area contributed by atoms with Crippen molar-refractivity contribution in [3.63, 3.8) is 0 Å². The maximum absolute atomic E-state index is 5.77. The Morgan fingerprint density at radius 1 is 0.207 bits per heavy atom. The first-order chi connectivity index (χ1) is 44.8. The van der Waals surface area contributed by atoms with Crippen LogP contribution in [0.4, 0.5) is 0 Å². The lowest BCUT2D eigenvalue weighted by atomic mass is 9.88. The van der Waals surface area contributed by atoms with Crippen molar-refractivity contribution in [3.8, 4) is 101 Å². The van der Waals surface area contributed by atoms with E-state index in [1.807, 2.05) is 0 Å². The molecule has 11 aromatic carbocycles. The average Bonchev–Trinajstić information content (AvgIpc) is 0.733. The van der Waals surface area contributed by atoms with Crippen LogP contribution in [0.1, 0.15) is 61.2 Å². The lowest BCUT2D eigenvalue weighted by Gasteiger charge is -2.21. The van der Waals surface area contributed by atoms with Crippen LogP contribution in [0.2, 0.25) is 0 Å². The summed E-state index contributed by atoms with van der Waals surface area (Å²) in [5.41, 5.74) is 37.1. The highest BCUT2D eigenvalue weighted by atomic mass is 14.8. The number of pyridine rings is 4. The van der Waals surface area contributed by atoms with Crippen LogP contribution in [0.3, 0.4) is 0 Å². The zero-order valence-electron chi connectivity index (χ0n) is 53.7. The topological polar surface area (TPSA) is 51.6 Å². The normalized spacial score (nSPS) is 11.6. The molecule has 0 radical (unpaired) electrons. The Morgan fingerprint density at radius 3 is 0.957 bits per heavy atom. The number of hydrogen-bond donors (Lipinski definition) is 0. The fraction of sp³-hybridized carbons (Fsp3) is 0.114. The van der Waals surface area contributed by atoms with Crippen LogP contribution in [0, 0.1) is 62.3 Å². The number of fused-ring (bicyclic) bond motifs is 6. The van der Waals surface area contributed by atoms with Gasteiger partial charge >= 0.3 is 0 Å². The molecule has 15 aromatic rings. The van der Waals surface area contributed by atoms with Crippen LogP contribution in [-0.2, 0) is 6.42 Å². The monoisotopic (exact) mass is 1180 g/mol. The van der Waals surface area contributed by atoms with Gasteiger partial charge in [0.25, 0.3) is 0 Å². The van der Waals surface area contributed by atoms with Crippen molar-refractivity contribution < 1.29 is 0 Å². The second-order valence-corrected chi connectivity index (χ2v) is 25.1. The van der Waals surface area contributed by atoms with Gasteiger partial charge < -0.3 is 0 Å². The molecule has 0 aliphatic rings. The molecule has 4 heteroatoms. The molecule has 0 bridgehead atoms. The fourth-order valence-corrected chi connectivity index (χ4v) is 14.2. The number of aromatic nitrogens is 4. The number of rotatable bonds is 11. The van der Waals surface area contributed by atoms with Gasteiger partial charge in [-0.15, -0.1) is 0 Å². The number of nitrogens with zero attached hydrogens (tertiary/aromatic N) is 4. The summed E-state index contributed by atoms with van der Waals surface area (Å²) in [6.07, 6.45) is 0.663. The first-order valence-corrected chi connectivity index (χ1v) is 32.1. The minimum absolute atomic E-state index is 0.663. The molecule has 0 fully saturated rings. The fourth-order valence-electron chi connectivity index (χ4n) is 14.2. The lowest BCUT2D eigenvalue weighted by Crippen LogP contribution is -2.04. The molecular weight excluding hydrogens is 1110 g/mol. The lowest BCUT2D eigenvalue weighted by molar-refractivity contribution is 1.14. The summed E-state index contributed by atoms with van der Waals surface area (Å²) < 4.78 is 0. The largest absolute Gasteiger partial charge is 0.245 e. The Balaban J connectivity index is 0.814. The highest BCUT2D eigenvalue weighted by Crippen LogP contribution is 2.43. The molecule has 0 saturated carbocycles. The molecule has 0 aliphatic heterocycles. The third-order valence-corrected chi connectivity index (χ3v) is 19.9. The Kier molecular flexibility index (Phi) is 14.7. The molecule has 0 unspecified atom stereocenters. The summed E-state index contributed by atoms with van der Waals surface area (Å²) in [7, 11) is 0. The summed E-state index contributed by atoms with van der Waals surface area (Å²) in [5.74, 6) is 0. The maximum Gasteiger partial charge on any atom is 0.0978 e.